The summed E-state index contributed by atoms with van der Waals surface area (Å²) < 4.78 is 5.85. The fourth-order valence-corrected chi connectivity index (χ4v) is 4.73. The third-order valence-electron chi connectivity index (χ3n) is 4.04. The number of hydrogen-bond donors (Lipinski definition) is 0. The van der Waals surface area contributed by atoms with Crippen LogP contribution in [0.3, 0.4) is 0 Å². The van der Waals surface area contributed by atoms with Gasteiger partial charge in [-0.25, -0.2) is 0 Å². The Hall–Kier alpha value is -2.74. The van der Waals surface area contributed by atoms with E-state index < -0.39 is 0 Å². The van der Waals surface area contributed by atoms with Crippen molar-refractivity contribution in [2.45, 2.75) is 0 Å². The van der Waals surface area contributed by atoms with Crippen molar-refractivity contribution in [2.24, 2.45) is 0 Å². The molecule has 0 saturated heterocycles. The van der Waals surface area contributed by atoms with Crippen molar-refractivity contribution in [3.63, 3.8) is 0 Å². The summed E-state index contributed by atoms with van der Waals surface area (Å²) >= 11 is -0.105. The molecule has 0 bridgehead atoms. The van der Waals surface area contributed by atoms with Crippen molar-refractivity contribution < 1.29 is 4.79 Å². The summed E-state index contributed by atoms with van der Waals surface area (Å²) in [6, 6.07) is 29.7. The van der Waals surface area contributed by atoms with Gasteiger partial charge in [-0.15, -0.1) is 0 Å². The van der Waals surface area contributed by atoms with E-state index in [1.165, 1.54) is 4.44 Å². The van der Waals surface area contributed by atoms with Crippen molar-refractivity contribution in [2.75, 3.05) is 0 Å². The molecule has 3 heteroatoms. The Labute approximate surface area is 152 Å². The zero-order valence-electron chi connectivity index (χ0n) is 13.4. The van der Waals surface area contributed by atoms with Crippen LogP contribution in [0.5, 0.6) is 0 Å². The molecule has 0 N–H and O–H groups in total. The predicted molar refractivity (Wildman–Crippen MR) is 102 cm³/mol. The molecule has 2 nitrogen and oxygen atoms in total. The molecule has 1 heterocycles. The monoisotopic (exact) mass is 389 g/mol. The molecule has 4 rings (SSSR count). The van der Waals surface area contributed by atoms with Gasteiger partial charge >= 0.3 is 153 Å². The number of carbonyl (C=O) groups excluding carboxylic acids is 1. The van der Waals surface area contributed by atoms with Crippen LogP contribution in [-0.2, 0) is 0 Å². The first-order valence-corrected chi connectivity index (χ1v) is 9.67. The number of benzene rings is 3. The molecule has 0 atom stereocenters. The van der Waals surface area contributed by atoms with Crippen LogP contribution in [0, 0.1) is 0 Å². The Morgan fingerprint density at radius 2 is 1.20 bits per heavy atom. The van der Waals surface area contributed by atoms with Gasteiger partial charge in [0.15, 0.2) is 0 Å². The van der Waals surface area contributed by atoms with E-state index in [1.54, 1.807) is 0 Å². The molecule has 0 spiro atoms. The number of carbonyl (C=O) groups is 1. The van der Waals surface area contributed by atoms with E-state index in [1.807, 2.05) is 78.9 Å². The molecule has 0 unspecified atom stereocenters. The van der Waals surface area contributed by atoms with Crippen LogP contribution in [0.2, 0.25) is 0 Å². The number of rotatable bonds is 4. The van der Waals surface area contributed by atoms with Gasteiger partial charge in [-0.1, -0.05) is 0 Å². The minimum absolute atomic E-state index is 0.00717. The standard InChI is InChI=1S/C22H15NOSe/c24-21(17-12-6-2-7-13-17)20-19(16-10-4-1-5-11-16)22(25-23-20)18-14-8-3-9-15-18/h1-15H. The van der Waals surface area contributed by atoms with Gasteiger partial charge in [0.25, 0.3) is 0 Å². The predicted octanol–water partition coefficient (Wildman–Crippen LogP) is 4.70. The van der Waals surface area contributed by atoms with E-state index in [2.05, 4.69) is 16.1 Å². The molecule has 0 aliphatic heterocycles. The summed E-state index contributed by atoms with van der Waals surface area (Å²) in [5.74, 6) is -0.00717. The second-order valence-electron chi connectivity index (χ2n) is 5.66. The van der Waals surface area contributed by atoms with Gasteiger partial charge in [-0.3, -0.25) is 0 Å². The van der Waals surface area contributed by atoms with Crippen LogP contribution >= 0.6 is 0 Å². The van der Waals surface area contributed by atoms with Gasteiger partial charge in [0.2, 0.25) is 0 Å². The normalized spacial score (nSPS) is 10.6. The molecule has 0 amide bonds. The third kappa shape index (κ3) is 3.12. The number of aromatic nitrogens is 1. The van der Waals surface area contributed by atoms with E-state index in [0.717, 1.165) is 16.7 Å². The van der Waals surface area contributed by atoms with Crippen LogP contribution in [0.15, 0.2) is 91.0 Å². The summed E-state index contributed by atoms with van der Waals surface area (Å²) in [4.78, 5) is 13.1. The summed E-state index contributed by atoms with van der Waals surface area (Å²) in [6.07, 6.45) is 0. The number of nitrogens with zero attached hydrogens (tertiary/aromatic N) is 1. The Bertz CT molecular complexity index is 992. The van der Waals surface area contributed by atoms with E-state index in [0.29, 0.717) is 11.3 Å². The van der Waals surface area contributed by atoms with Gasteiger partial charge < -0.3 is 0 Å². The Morgan fingerprint density at radius 1 is 0.680 bits per heavy atom. The molecule has 0 saturated carbocycles. The van der Waals surface area contributed by atoms with Crippen LogP contribution < -0.4 is 0 Å². The van der Waals surface area contributed by atoms with Crippen LogP contribution in [0.25, 0.3) is 21.1 Å². The first-order valence-electron chi connectivity index (χ1n) is 8.05. The first-order chi connectivity index (χ1) is 12.3. The van der Waals surface area contributed by atoms with Gasteiger partial charge in [-0.05, 0) is 0 Å². The second-order valence-corrected chi connectivity index (χ2v) is 7.29. The molecule has 0 radical (unpaired) electrons. The number of ketones is 1. The molecule has 0 aliphatic carbocycles. The van der Waals surface area contributed by atoms with Crippen molar-refractivity contribution in [1.82, 2.24) is 3.98 Å². The molecular formula is C22H15NOSe. The molecule has 3 aromatic carbocycles. The van der Waals surface area contributed by atoms with E-state index in [-0.39, 0.29) is 20.5 Å². The van der Waals surface area contributed by atoms with Crippen molar-refractivity contribution in [3.05, 3.63) is 102 Å². The average molecular weight is 388 g/mol. The van der Waals surface area contributed by atoms with E-state index in [9.17, 15) is 4.79 Å². The van der Waals surface area contributed by atoms with Gasteiger partial charge in [0, 0.05) is 0 Å². The average Bonchev–Trinajstić information content (AvgIpc) is 3.14. The molecule has 25 heavy (non-hydrogen) atoms. The SMILES string of the molecule is O=C(c1ccccc1)c1n[se]c(-c2ccccc2)c1-c1ccccc1. The van der Waals surface area contributed by atoms with Gasteiger partial charge in [-0.2, -0.15) is 0 Å². The fourth-order valence-electron chi connectivity index (χ4n) is 2.83. The summed E-state index contributed by atoms with van der Waals surface area (Å²) in [5, 5.41) is 0. The Balaban J connectivity index is 1.91. The zero-order valence-corrected chi connectivity index (χ0v) is 15.1. The van der Waals surface area contributed by atoms with Crippen LogP contribution in [0.4, 0.5) is 0 Å². The summed E-state index contributed by atoms with van der Waals surface area (Å²) in [7, 11) is 0. The van der Waals surface area contributed by atoms with Crippen molar-refractivity contribution in [1.29, 1.82) is 0 Å². The van der Waals surface area contributed by atoms with Crippen LogP contribution in [0.1, 0.15) is 16.1 Å². The van der Waals surface area contributed by atoms with Crippen molar-refractivity contribution >= 4 is 20.5 Å². The van der Waals surface area contributed by atoms with E-state index >= 15 is 0 Å². The van der Waals surface area contributed by atoms with Gasteiger partial charge in [0.1, 0.15) is 0 Å². The molecule has 0 aliphatic rings. The molecule has 0 fully saturated rings. The van der Waals surface area contributed by atoms with Crippen LogP contribution in [-0.4, -0.2) is 24.5 Å². The first kappa shape index (κ1) is 15.8. The molecule has 1 aromatic heterocycles. The maximum absolute atomic E-state index is 13.1. The third-order valence-corrected chi connectivity index (χ3v) is 5.92. The molecule has 4 aromatic rings. The molecule has 120 valence electrons. The Kier molecular flexibility index (Phi) is 4.43. The van der Waals surface area contributed by atoms with E-state index in [4.69, 9.17) is 0 Å². The summed E-state index contributed by atoms with van der Waals surface area (Å²) in [5.41, 5.74) is 4.42. The summed E-state index contributed by atoms with van der Waals surface area (Å²) in [6.45, 7) is 0. The maximum atomic E-state index is 13.1. The fraction of sp³-hybridized carbons (Fsp3) is 0. The quantitative estimate of drug-likeness (QED) is 0.375. The molecular weight excluding hydrogens is 373 g/mol. The second kappa shape index (κ2) is 7.02. The number of hydrogen-bond acceptors (Lipinski definition) is 2. The van der Waals surface area contributed by atoms with Gasteiger partial charge in [0.05, 0.1) is 0 Å². The topological polar surface area (TPSA) is 30.0 Å². The zero-order chi connectivity index (χ0) is 17.1. The van der Waals surface area contributed by atoms with Crippen molar-refractivity contribution in [3.8, 4) is 21.1 Å². The minimum atomic E-state index is -0.105. The Morgan fingerprint density at radius 3 is 1.80 bits per heavy atom.